The van der Waals surface area contributed by atoms with Crippen molar-refractivity contribution >= 4 is 23.7 Å². The molecular formula is C18H18N2O3. The second kappa shape index (κ2) is 6.87. The predicted octanol–water partition coefficient (Wildman–Crippen LogP) is 4.72. The summed E-state index contributed by atoms with van der Waals surface area (Å²) in [7, 11) is 0. The Morgan fingerprint density at radius 3 is 2.26 bits per heavy atom. The zero-order valence-corrected chi connectivity index (χ0v) is 13.3. The number of benzene rings is 2. The van der Waals surface area contributed by atoms with Crippen molar-refractivity contribution in [3.8, 4) is 5.75 Å². The number of nitro benzene ring substituents is 1. The average molecular weight is 310 g/mol. The molecule has 0 saturated heterocycles. The number of hydrogen-bond donors (Lipinski definition) is 1. The molecule has 2 aromatic carbocycles. The maximum Gasteiger partial charge on any atom is 0.269 e. The van der Waals surface area contributed by atoms with Crippen molar-refractivity contribution in [2.24, 2.45) is 4.99 Å². The zero-order valence-electron chi connectivity index (χ0n) is 13.3. The van der Waals surface area contributed by atoms with Gasteiger partial charge in [0.05, 0.1) is 10.6 Å². The maximum absolute atomic E-state index is 10.6. The fraction of sp³-hybridized carbons (Fsp3) is 0.167. The molecule has 0 aromatic heterocycles. The molecule has 0 spiro atoms. The second-order valence-electron chi connectivity index (χ2n) is 5.42. The summed E-state index contributed by atoms with van der Waals surface area (Å²) in [6.45, 7) is 5.71. The smallest absolute Gasteiger partial charge is 0.269 e. The van der Waals surface area contributed by atoms with Crippen molar-refractivity contribution in [1.29, 1.82) is 0 Å². The first kappa shape index (κ1) is 16.4. The minimum atomic E-state index is -0.418. The highest BCUT2D eigenvalue weighted by Gasteiger charge is 2.04. The van der Waals surface area contributed by atoms with Crippen LogP contribution in [0.5, 0.6) is 5.75 Å². The molecule has 2 aromatic rings. The van der Waals surface area contributed by atoms with Gasteiger partial charge in [0.2, 0.25) is 0 Å². The average Bonchev–Trinajstić information content (AvgIpc) is 2.46. The Morgan fingerprint density at radius 2 is 1.74 bits per heavy atom. The molecule has 23 heavy (non-hydrogen) atoms. The summed E-state index contributed by atoms with van der Waals surface area (Å²) in [5.41, 5.74) is 4.51. The molecule has 0 aliphatic rings. The first-order valence-corrected chi connectivity index (χ1v) is 7.14. The topological polar surface area (TPSA) is 75.7 Å². The van der Waals surface area contributed by atoms with Gasteiger partial charge in [0, 0.05) is 18.3 Å². The molecule has 5 nitrogen and oxygen atoms in total. The van der Waals surface area contributed by atoms with Crippen LogP contribution in [-0.2, 0) is 0 Å². The van der Waals surface area contributed by atoms with Crippen molar-refractivity contribution in [1.82, 2.24) is 0 Å². The molecule has 1 N–H and O–H groups in total. The van der Waals surface area contributed by atoms with Gasteiger partial charge in [0.1, 0.15) is 5.75 Å². The number of aliphatic imine (C=N–C) groups is 1. The summed E-state index contributed by atoms with van der Waals surface area (Å²) in [6, 6.07) is 9.71. The van der Waals surface area contributed by atoms with Gasteiger partial charge in [-0.3, -0.25) is 15.1 Å². The molecule has 0 saturated carbocycles. The molecule has 0 aliphatic carbocycles. The minimum absolute atomic E-state index is 0.0730. The van der Waals surface area contributed by atoms with E-state index in [0.29, 0.717) is 0 Å². The maximum atomic E-state index is 10.6. The number of aryl methyl sites for hydroxylation is 2. The summed E-state index contributed by atoms with van der Waals surface area (Å²) < 4.78 is 0. The summed E-state index contributed by atoms with van der Waals surface area (Å²) in [6.07, 6.45) is 3.64. The molecule has 0 aliphatic heterocycles. The van der Waals surface area contributed by atoms with Crippen molar-refractivity contribution in [2.45, 2.75) is 20.8 Å². The van der Waals surface area contributed by atoms with E-state index in [1.807, 2.05) is 26.8 Å². The quantitative estimate of drug-likeness (QED) is 0.504. The highest BCUT2D eigenvalue weighted by Crippen LogP contribution is 2.28. The largest absolute Gasteiger partial charge is 0.508 e. The highest BCUT2D eigenvalue weighted by molar-refractivity contribution is 5.87. The molecule has 0 atom stereocenters. The van der Waals surface area contributed by atoms with Gasteiger partial charge in [-0.05, 0) is 67.3 Å². The van der Waals surface area contributed by atoms with Crippen LogP contribution >= 0.6 is 0 Å². The third-order valence-corrected chi connectivity index (χ3v) is 3.37. The third-order valence-electron chi connectivity index (χ3n) is 3.37. The Bertz CT molecular complexity index is 767. The number of non-ortho nitro benzene ring substituents is 1. The number of hydrogen-bond acceptors (Lipinski definition) is 4. The lowest BCUT2D eigenvalue weighted by Crippen LogP contribution is -1.87. The van der Waals surface area contributed by atoms with E-state index in [0.717, 1.165) is 28.0 Å². The molecule has 2 rings (SSSR count). The van der Waals surface area contributed by atoms with Crippen LogP contribution in [-0.4, -0.2) is 16.2 Å². The number of allylic oxidation sites excluding steroid dienone is 1. The molecule has 0 amide bonds. The van der Waals surface area contributed by atoms with Crippen LogP contribution in [0.1, 0.15) is 23.6 Å². The normalized spacial score (nSPS) is 11.9. The Labute approximate surface area is 134 Å². The van der Waals surface area contributed by atoms with Gasteiger partial charge in [-0.15, -0.1) is 0 Å². The van der Waals surface area contributed by atoms with Gasteiger partial charge < -0.3 is 5.11 Å². The summed E-state index contributed by atoms with van der Waals surface area (Å²) >= 11 is 0. The highest BCUT2D eigenvalue weighted by atomic mass is 16.6. The molecule has 0 fully saturated rings. The molecular weight excluding hydrogens is 292 g/mol. The molecule has 0 bridgehead atoms. The van der Waals surface area contributed by atoms with E-state index in [9.17, 15) is 15.2 Å². The van der Waals surface area contributed by atoms with Gasteiger partial charge in [0.15, 0.2) is 0 Å². The van der Waals surface area contributed by atoms with Crippen molar-refractivity contribution in [2.75, 3.05) is 0 Å². The Kier molecular flexibility index (Phi) is 4.91. The molecule has 0 unspecified atom stereocenters. The number of rotatable bonds is 4. The number of nitrogens with zero attached hydrogens (tertiary/aromatic N) is 2. The van der Waals surface area contributed by atoms with Crippen LogP contribution in [0.15, 0.2) is 47.0 Å². The SMILES string of the molecule is C/C(C=Nc1c(C)cc(O)cc1C)=C\c1ccc([N+](=O)[O-])cc1. The summed E-state index contributed by atoms with van der Waals surface area (Å²) in [5.74, 6) is 0.233. The fourth-order valence-electron chi connectivity index (χ4n) is 2.30. The van der Waals surface area contributed by atoms with E-state index < -0.39 is 4.92 Å². The van der Waals surface area contributed by atoms with Crippen LogP contribution in [0, 0.1) is 24.0 Å². The molecule has 0 heterocycles. The van der Waals surface area contributed by atoms with Gasteiger partial charge in [-0.2, -0.15) is 0 Å². The molecule has 0 radical (unpaired) electrons. The van der Waals surface area contributed by atoms with Crippen molar-refractivity contribution < 1.29 is 10.0 Å². The van der Waals surface area contributed by atoms with Crippen molar-refractivity contribution in [3.05, 3.63) is 68.8 Å². The van der Waals surface area contributed by atoms with E-state index in [4.69, 9.17) is 0 Å². The first-order valence-electron chi connectivity index (χ1n) is 7.14. The molecule has 118 valence electrons. The first-order chi connectivity index (χ1) is 10.9. The minimum Gasteiger partial charge on any atom is -0.508 e. The number of aromatic hydroxyl groups is 1. The van der Waals surface area contributed by atoms with E-state index >= 15 is 0 Å². The Morgan fingerprint density at radius 1 is 1.17 bits per heavy atom. The van der Waals surface area contributed by atoms with E-state index in [2.05, 4.69) is 4.99 Å². The number of phenols is 1. The van der Waals surface area contributed by atoms with Crippen LogP contribution in [0.25, 0.3) is 6.08 Å². The lowest BCUT2D eigenvalue weighted by Gasteiger charge is -2.05. The van der Waals surface area contributed by atoms with Crippen LogP contribution < -0.4 is 0 Å². The van der Waals surface area contributed by atoms with Gasteiger partial charge in [-0.25, -0.2) is 0 Å². The Balaban J connectivity index is 2.21. The summed E-state index contributed by atoms with van der Waals surface area (Å²) in [4.78, 5) is 14.7. The summed E-state index contributed by atoms with van der Waals surface area (Å²) in [5, 5.41) is 20.2. The van der Waals surface area contributed by atoms with Crippen molar-refractivity contribution in [3.63, 3.8) is 0 Å². The second-order valence-corrected chi connectivity index (χ2v) is 5.42. The zero-order chi connectivity index (χ0) is 17.0. The third kappa shape index (κ3) is 4.26. The molecule has 5 heteroatoms. The van der Waals surface area contributed by atoms with Crippen LogP contribution in [0.3, 0.4) is 0 Å². The fourth-order valence-corrected chi connectivity index (χ4v) is 2.30. The van der Waals surface area contributed by atoms with E-state index in [-0.39, 0.29) is 11.4 Å². The Hall–Kier alpha value is -2.95. The lowest BCUT2D eigenvalue weighted by molar-refractivity contribution is -0.384. The predicted molar refractivity (Wildman–Crippen MR) is 92.5 cm³/mol. The van der Waals surface area contributed by atoms with Crippen LogP contribution in [0.2, 0.25) is 0 Å². The van der Waals surface area contributed by atoms with Crippen LogP contribution in [0.4, 0.5) is 11.4 Å². The number of nitro groups is 1. The van der Waals surface area contributed by atoms with Gasteiger partial charge in [-0.1, -0.05) is 6.08 Å². The lowest BCUT2D eigenvalue weighted by atomic mass is 10.1. The van der Waals surface area contributed by atoms with E-state index in [1.165, 1.54) is 12.1 Å². The van der Waals surface area contributed by atoms with E-state index in [1.54, 1.807) is 30.5 Å². The van der Waals surface area contributed by atoms with Gasteiger partial charge >= 0.3 is 0 Å². The van der Waals surface area contributed by atoms with Gasteiger partial charge in [0.25, 0.3) is 5.69 Å². The standard InChI is InChI=1S/C18H18N2O3/c1-12(8-15-4-6-16(7-5-15)20(22)23)11-19-18-13(2)9-17(21)10-14(18)3/h4-11,21H,1-3H3/b12-8+,19-11?. The monoisotopic (exact) mass is 310 g/mol. The number of phenolic OH excluding ortho intramolecular Hbond substituents is 1.